The first-order valence-corrected chi connectivity index (χ1v) is 13.5. The summed E-state index contributed by atoms with van der Waals surface area (Å²) in [6.07, 6.45) is -14.9. The topological polar surface area (TPSA) is 208 Å². The lowest BCUT2D eigenvalue weighted by molar-refractivity contribution is -0.359. The quantitative estimate of drug-likeness (QED) is 0.113. The molecule has 0 saturated carbocycles. The fraction of sp³-hybridized carbons (Fsp3) is 0.708. The number of carbonyl (C=O) groups is 1. The molecule has 2 aliphatic heterocycles. The van der Waals surface area contributed by atoms with Crippen molar-refractivity contribution in [3.8, 4) is 0 Å². The molecule has 0 bridgehead atoms. The Bertz CT molecular complexity index is 834. The molecule has 216 valence electrons. The Morgan fingerprint density at radius 1 is 0.868 bits per heavy atom. The van der Waals surface area contributed by atoms with E-state index in [4.69, 9.17) is 18.9 Å². The number of thioether (sulfide) groups is 1. The average Bonchev–Trinajstić information content (AvgIpc) is 2.93. The van der Waals surface area contributed by atoms with E-state index in [0.717, 1.165) is 5.75 Å². The summed E-state index contributed by atoms with van der Waals surface area (Å²) in [5.74, 6) is 1.29. The van der Waals surface area contributed by atoms with Gasteiger partial charge in [0.15, 0.2) is 12.6 Å². The zero-order chi connectivity index (χ0) is 27.7. The largest absolute Gasteiger partial charge is 0.394 e. The van der Waals surface area contributed by atoms with Crippen molar-refractivity contribution in [2.75, 3.05) is 32.1 Å². The highest BCUT2D eigenvalue weighted by molar-refractivity contribution is 7.98. The van der Waals surface area contributed by atoms with Crippen LogP contribution in [0.25, 0.3) is 0 Å². The maximum absolute atomic E-state index is 12.0. The molecule has 2 heterocycles. The average molecular weight is 564 g/mol. The summed E-state index contributed by atoms with van der Waals surface area (Å²) in [6, 6.07) is 9.92. The van der Waals surface area contributed by atoms with Gasteiger partial charge < -0.3 is 60.0 Å². The molecule has 2 aliphatic rings. The summed E-state index contributed by atoms with van der Waals surface area (Å²) in [4.78, 5) is 12.0. The molecule has 2 fully saturated rings. The van der Waals surface area contributed by atoms with Crippen LogP contribution in [0.3, 0.4) is 0 Å². The Kier molecular flexibility index (Phi) is 12.6. The summed E-state index contributed by atoms with van der Waals surface area (Å²) in [6.45, 7) is -1.27. The van der Waals surface area contributed by atoms with Crippen molar-refractivity contribution in [3.63, 3.8) is 0 Å². The van der Waals surface area contributed by atoms with Crippen molar-refractivity contribution in [1.29, 1.82) is 0 Å². The second kappa shape index (κ2) is 15.4. The van der Waals surface area contributed by atoms with E-state index in [1.165, 1.54) is 5.56 Å². The number of aliphatic hydroxyl groups excluding tert-OH is 7. The zero-order valence-electron chi connectivity index (χ0n) is 20.7. The Morgan fingerprint density at radius 2 is 1.53 bits per heavy atom. The van der Waals surface area contributed by atoms with E-state index in [-0.39, 0.29) is 19.1 Å². The van der Waals surface area contributed by atoms with Gasteiger partial charge in [-0.2, -0.15) is 11.8 Å². The van der Waals surface area contributed by atoms with Crippen LogP contribution in [0.5, 0.6) is 0 Å². The summed E-state index contributed by atoms with van der Waals surface area (Å²) in [7, 11) is 0. The van der Waals surface area contributed by atoms with Gasteiger partial charge in [0.1, 0.15) is 48.8 Å². The number of benzene rings is 1. The van der Waals surface area contributed by atoms with Gasteiger partial charge in [-0.25, -0.2) is 0 Å². The van der Waals surface area contributed by atoms with Crippen molar-refractivity contribution in [1.82, 2.24) is 5.32 Å². The van der Waals surface area contributed by atoms with Crippen molar-refractivity contribution < 1.29 is 59.5 Å². The van der Waals surface area contributed by atoms with Crippen molar-refractivity contribution in [2.24, 2.45) is 0 Å². The predicted octanol–water partition coefficient (Wildman–Crippen LogP) is -2.93. The lowest BCUT2D eigenvalue weighted by atomic mass is 9.97. The second-order valence-electron chi connectivity index (χ2n) is 9.01. The molecule has 0 aliphatic carbocycles. The van der Waals surface area contributed by atoms with Crippen LogP contribution in [0, 0.1) is 0 Å². The molecule has 0 aromatic heterocycles. The van der Waals surface area contributed by atoms with Crippen LogP contribution < -0.4 is 5.32 Å². The monoisotopic (exact) mass is 563 g/mol. The molecule has 0 spiro atoms. The fourth-order valence-corrected chi connectivity index (χ4v) is 4.98. The molecule has 13 nitrogen and oxygen atoms in total. The number of aliphatic hydroxyl groups is 7. The lowest BCUT2D eigenvalue weighted by Gasteiger charge is -2.45. The predicted molar refractivity (Wildman–Crippen MR) is 133 cm³/mol. The van der Waals surface area contributed by atoms with Crippen LogP contribution in [-0.4, -0.2) is 135 Å². The maximum atomic E-state index is 12.0. The summed E-state index contributed by atoms with van der Waals surface area (Å²) in [5.41, 5.74) is 1.18. The molecule has 8 N–H and O–H groups in total. The first-order valence-electron chi connectivity index (χ1n) is 12.3. The van der Waals surface area contributed by atoms with Crippen LogP contribution in [0.2, 0.25) is 0 Å². The number of carbonyl (C=O) groups excluding carboxylic acids is 1. The minimum absolute atomic E-state index is 0.0479. The third-order valence-corrected chi connectivity index (χ3v) is 7.28. The summed E-state index contributed by atoms with van der Waals surface area (Å²) >= 11 is 1.64. The van der Waals surface area contributed by atoms with Crippen molar-refractivity contribution in [3.05, 3.63) is 35.9 Å². The van der Waals surface area contributed by atoms with Crippen LogP contribution in [-0.2, 0) is 29.5 Å². The van der Waals surface area contributed by atoms with Gasteiger partial charge in [-0.15, -0.1) is 0 Å². The molecule has 10 atom stereocenters. The standard InChI is InChI=1S/C24H37NO12S/c26-10-14-17(29)18(30)20(32)24(35-14)37-22-15(11-27)36-23(21(33)19(22)31)34-8-7-25-16(28)6-9-38-12-13-4-2-1-3-5-13/h1-5,14-15,17-24,26-27,29-33H,6-12H2,(H,25,28)/t14-,15-,17+,18+,19-,20-,21-,22+,23-,24-/m1/s1. The fourth-order valence-electron chi connectivity index (χ4n) is 4.08. The molecule has 1 aromatic carbocycles. The van der Waals surface area contributed by atoms with Gasteiger partial charge in [0.05, 0.1) is 19.8 Å². The zero-order valence-corrected chi connectivity index (χ0v) is 21.5. The van der Waals surface area contributed by atoms with E-state index < -0.39 is 74.6 Å². The maximum Gasteiger partial charge on any atom is 0.220 e. The van der Waals surface area contributed by atoms with Gasteiger partial charge in [-0.05, 0) is 5.56 Å². The molecular weight excluding hydrogens is 526 g/mol. The van der Waals surface area contributed by atoms with Crippen molar-refractivity contribution >= 4 is 17.7 Å². The highest BCUT2D eigenvalue weighted by atomic mass is 32.2. The summed E-state index contributed by atoms with van der Waals surface area (Å²) in [5, 5.41) is 72.8. The van der Waals surface area contributed by atoms with Crippen LogP contribution in [0.4, 0.5) is 0 Å². The van der Waals surface area contributed by atoms with E-state index in [1.54, 1.807) is 11.8 Å². The molecule has 0 unspecified atom stereocenters. The molecule has 1 aromatic rings. The number of hydrogen-bond acceptors (Lipinski definition) is 13. The highest BCUT2D eigenvalue weighted by Gasteiger charge is 2.50. The minimum Gasteiger partial charge on any atom is -0.394 e. The summed E-state index contributed by atoms with van der Waals surface area (Å²) < 4.78 is 21.7. The van der Waals surface area contributed by atoms with E-state index in [0.29, 0.717) is 12.2 Å². The van der Waals surface area contributed by atoms with Gasteiger partial charge in [-0.1, -0.05) is 30.3 Å². The second-order valence-corrected chi connectivity index (χ2v) is 10.1. The molecule has 3 rings (SSSR count). The molecule has 2 saturated heterocycles. The third kappa shape index (κ3) is 8.30. The van der Waals surface area contributed by atoms with E-state index in [2.05, 4.69) is 5.32 Å². The number of nitrogens with one attached hydrogen (secondary N) is 1. The molecule has 14 heteroatoms. The third-order valence-electron chi connectivity index (χ3n) is 6.25. The number of ether oxygens (including phenoxy) is 4. The van der Waals surface area contributed by atoms with Crippen LogP contribution in [0.1, 0.15) is 12.0 Å². The van der Waals surface area contributed by atoms with Crippen molar-refractivity contribution in [2.45, 2.75) is 73.6 Å². The van der Waals surface area contributed by atoms with E-state index in [9.17, 15) is 40.5 Å². The first-order chi connectivity index (χ1) is 18.3. The van der Waals surface area contributed by atoms with E-state index in [1.807, 2.05) is 30.3 Å². The molecule has 0 radical (unpaired) electrons. The van der Waals surface area contributed by atoms with Gasteiger partial charge in [0, 0.05) is 24.5 Å². The number of amides is 1. The number of rotatable bonds is 13. The number of hydrogen-bond donors (Lipinski definition) is 8. The molecular formula is C24H37NO12S. The highest BCUT2D eigenvalue weighted by Crippen LogP contribution is 2.29. The van der Waals surface area contributed by atoms with Crippen LogP contribution in [0.15, 0.2) is 30.3 Å². The van der Waals surface area contributed by atoms with Gasteiger partial charge in [-0.3, -0.25) is 4.79 Å². The lowest BCUT2D eigenvalue weighted by Crippen LogP contribution is -2.64. The molecule has 38 heavy (non-hydrogen) atoms. The SMILES string of the molecule is O=C(CCSCc1ccccc1)NCCO[C@@H]1O[C@H](CO)[C@H](O[C@H]2O[C@H](CO)[C@H](O)[C@H](O)[C@H]2O)[C@H](O)[C@H]1O. The van der Waals surface area contributed by atoms with Gasteiger partial charge in [0.25, 0.3) is 0 Å². The normalized spacial score (nSPS) is 35.7. The van der Waals surface area contributed by atoms with Gasteiger partial charge >= 0.3 is 0 Å². The van der Waals surface area contributed by atoms with Crippen LogP contribution >= 0.6 is 11.8 Å². The Balaban J connectivity index is 1.40. The smallest absolute Gasteiger partial charge is 0.220 e. The first kappa shape index (κ1) is 31.1. The Hall–Kier alpha value is -1.40. The minimum atomic E-state index is -1.74. The molecule has 1 amide bonds. The Labute approximate surface area is 224 Å². The van der Waals surface area contributed by atoms with Gasteiger partial charge in [0.2, 0.25) is 5.91 Å². The van der Waals surface area contributed by atoms with E-state index >= 15 is 0 Å². The Morgan fingerprint density at radius 3 is 2.21 bits per heavy atom.